The summed E-state index contributed by atoms with van der Waals surface area (Å²) in [4.78, 5) is 17.9. The van der Waals surface area contributed by atoms with Crippen molar-refractivity contribution in [3.63, 3.8) is 0 Å². The van der Waals surface area contributed by atoms with Crippen LogP contribution in [0.25, 0.3) is 11.0 Å². The van der Waals surface area contributed by atoms with Crippen LogP contribution in [0.1, 0.15) is 89.5 Å². The average molecular weight is 538 g/mol. The van der Waals surface area contributed by atoms with Gasteiger partial charge in [0.2, 0.25) is 0 Å². The minimum atomic E-state index is 0.237. The molecule has 2 aromatic rings. The van der Waals surface area contributed by atoms with E-state index < -0.39 is 0 Å². The van der Waals surface area contributed by atoms with E-state index in [1.807, 2.05) is 7.11 Å². The molecule has 1 aromatic heterocycles. The molecule has 39 heavy (non-hydrogen) atoms. The zero-order valence-corrected chi connectivity index (χ0v) is 24.7. The number of ketones is 1. The average Bonchev–Trinajstić information content (AvgIpc) is 3.39. The first-order chi connectivity index (χ1) is 19.0. The number of ether oxygens (including phenoxy) is 1. The molecular formula is C33H51N3O3. The molecule has 5 rings (SSSR count). The number of methoxy groups -OCH3 is 1. The Morgan fingerprint density at radius 3 is 2.33 bits per heavy atom. The molecule has 1 aromatic carbocycles. The fourth-order valence-electron chi connectivity index (χ4n) is 7.32. The Morgan fingerprint density at radius 2 is 1.64 bits per heavy atom. The molecule has 1 atom stereocenters. The van der Waals surface area contributed by atoms with Gasteiger partial charge >= 0.3 is 0 Å². The molecule has 2 aliphatic carbocycles. The van der Waals surface area contributed by atoms with E-state index in [4.69, 9.17) is 9.26 Å². The van der Waals surface area contributed by atoms with Crippen molar-refractivity contribution in [3.8, 4) is 0 Å². The van der Waals surface area contributed by atoms with E-state index in [9.17, 15) is 4.79 Å². The number of aryl methyl sites for hydroxylation is 1. The Labute approximate surface area is 235 Å². The van der Waals surface area contributed by atoms with Crippen LogP contribution in [0.3, 0.4) is 0 Å². The molecule has 3 aliphatic rings. The molecule has 6 heteroatoms. The number of carbonyl (C=O) groups excluding carboxylic acids is 1. The van der Waals surface area contributed by atoms with Crippen LogP contribution < -0.4 is 4.90 Å². The third-order valence-electron chi connectivity index (χ3n) is 10.3. The highest BCUT2D eigenvalue weighted by molar-refractivity contribution is 5.89. The van der Waals surface area contributed by atoms with E-state index >= 15 is 0 Å². The van der Waals surface area contributed by atoms with Crippen molar-refractivity contribution in [2.75, 3.05) is 44.7 Å². The van der Waals surface area contributed by atoms with Crippen LogP contribution in [0.2, 0.25) is 0 Å². The maximum Gasteiger partial charge on any atom is 0.180 e. The van der Waals surface area contributed by atoms with Gasteiger partial charge in [0.1, 0.15) is 5.78 Å². The highest BCUT2D eigenvalue weighted by Gasteiger charge is 2.27. The van der Waals surface area contributed by atoms with Crippen LogP contribution >= 0.6 is 0 Å². The van der Waals surface area contributed by atoms with Gasteiger partial charge in [0, 0.05) is 45.6 Å². The fourth-order valence-corrected chi connectivity index (χ4v) is 7.32. The number of nitrogens with zero attached hydrogens (tertiary/aromatic N) is 3. The zero-order chi connectivity index (χ0) is 27.2. The van der Waals surface area contributed by atoms with Crippen molar-refractivity contribution in [2.24, 2.45) is 23.7 Å². The number of anilines is 1. The summed E-state index contributed by atoms with van der Waals surface area (Å²) in [5.41, 5.74) is 2.10. The third kappa shape index (κ3) is 7.64. The summed E-state index contributed by atoms with van der Waals surface area (Å²) < 4.78 is 11.1. The highest BCUT2D eigenvalue weighted by atomic mass is 16.5. The summed E-state index contributed by atoms with van der Waals surface area (Å²) in [5, 5.41) is 5.52. The summed E-state index contributed by atoms with van der Waals surface area (Å²) >= 11 is 0. The molecule has 0 N–H and O–H groups in total. The molecule has 0 spiro atoms. The summed E-state index contributed by atoms with van der Waals surface area (Å²) in [7, 11) is 1.82. The van der Waals surface area contributed by atoms with E-state index in [2.05, 4.69) is 47.0 Å². The number of rotatable bonds is 11. The van der Waals surface area contributed by atoms with Gasteiger partial charge in [-0.25, -0.2) is 0 Å². The molecule has 2 heterocycles. The van der Waals surface area contributed by atoms with Gasteiger partial charge < -0.3 is 14.2 Å². The largest absolute Gasteiger partial charge is 0.381 e. The van der Waals surface area contributed by atoms with Gasteiger partial charge in [-0.1, -0.05) is 43.8 Å². The van der Waals surface area contributed by atoms with Crippen molar-refractivity contribution in [2.45, 2.75) is 97.0 Å². The molecule has 3 fully saturated rings. The van der Waals surface area contributed by atoms with Crippen LogP contribution in [0, 0.1) is 30.6 Å². The Bertz CT molecular complexity index is 1040. The minimum absolute atomic E-state index is 0.237. The summed E-state index contributed by atoms with van der Waals surface area (Å²) in [5.74, 6) is 4.06. The van der Waals surface area contributed by atoms with E-state index in [1.165, 1.54) is 50.6 Å². The van der Waals surface area contributed by atoms with Gasteiger partial charge in [-0.2, -0.15) is 0 Å². The van der Waals surface area contributed by atoms with Gasteiger partial charge in [0.15, 0.2) is 11.4 Å². The van der Waals surface area contributed by atoms with Crippen molar-refractivity contribution < 1.29 is 14.1 Å². The number of hydrogen-bond acceptors (Lipinski definition) is 6. The molecule has 1 saturated heterocycles. The zero-order valence-electron chi connectivity index (χ0n) is 24.7. The number of benzene rings is 1. The molecule has 0 radical (unpaired) electrons. The fraction of sp³-hybridized carbons (Fsp3) is 0.758. The first-order valence-electron chi connectivity index (χ1n) is 15.9. The lowest BCUT2D eigenvalue weighted by molar-refractivity contribution is -0.124. The van der Waals surface area contributed by atoms with Gasteiger partial charge in [0.05, 0.1) is 11.5 Å². The van der Waals surface area contributed by atoms with Crippen LogP contribution in [0.5, 0.6) is 0 Å². The molecule has 0 bridgehead atoms. The molecule has 6 nitrogen and oxygen atoms in total. The van der Waals surface area contributed by atoms with Gasteiger partial charge in [-0.3, -0.25) is 9.69 Å². The van der Waals surface area contributed by atoms with Crippen LogP contribution in [-0.4, -0.2) is 61.8 Å². The standard InChI is InChI=1S/C33H51N3O3/c1-24-4-15-30-32(22-24)39-34-33(30)36-20-18-35(19-21-36)17-16-27-9-7-26(8-10-27)6-5-25(2)31(37)23-28-11-13-29(38-3)14-12-28/h4,15,22,25-29H,5-14,16-21,23H2,1-3H3. The summed E-state index contributed by atoms with van der Waals surface area (Å²) in [6, 6.07) is 6.36. The Morgan fingerprint density at radius 1 is 0.974 bits per heavy atom. The van der Waals surface area contributed by atoms with Crippen molar-refractivity contribution >= 4 is 22.6 Å². The maximum atomic E-state index is 12.8. The van der Waals surface area contributed by atoms with E-state index in [1.54, 1.807) is 0 Å². The van der Waals surface area contributed by atoms with E-state index in [0.29, 0.717) is 17.8 Å². The lowest BCUT2D eigenvalue weighted by atomic mass is 9.77. The predicted octanol–water partition coefficient (Wildman–Crippen LogP) is 7.04. The van der Waals surface area contributed by atoms with E-state index in [0.717, 1.165) is 93.3 Å². The summed E-state index contributed by atoms with van der Waals surface area (Å²) in [6.07, 6.45) is 14.9. The number of hydrogen-bond donors (Lipinski definition) is 0. The summed E-state index contributed by atoms with van der Waals surface area (Å²) in [6.45, 7) is 9.75. The first-order valence-corrected chi connectivity index (χ1v) is 15.9. The second-order valence-corrected chi connectivity index (χ2v) is 13.0. The lowest BCUT2D eigenvalue weighted by Gasteiger charge is -2.36. The van der Waals surface area contributed by atoms with Gasteiger partial charge in [-0.05, 0) is 93.9 Å². The molecule has 1 aliphatic heterocycles. The van der Waals surface area contributed by atoms with E-state index in [-0.39, 0.29) is 5.92 Å². The molecule has 0 amide bonds. The molecule has 2 saturated carbocycles. The highest BCUT2D eigenvalue weighted by Crippen LogP contribution is 2.35. The maximum absolute atomic E-state index is 12.8. The normalized spacial score (nSPS) is 27.6. The number of fused-ring (bicyclic) bond motifs is 1. The Kier molecular flexibility index (Phi) is 9.99. The monoisotopic (exact) mass is 537 g/mol. The third-order valence-corrected chi connectivity index (χ3v) is 10.3. The topological polar surface area (TPSA) is 58.8 Å². The molecule has 1 unspecified atom stereocenters. The number of carbonyl (C=O) groups is 1. The Hall–Kier alpha value is -1.92. The van der Waals surface area contributed by atoms with Crippen LogP contribution in [0.4, 0.5) is 5.82 Å². The quantitative estimate of drug-likeness (QED) is 0.307. The molecular weight excluding hydrogens is 486 g/mol. The number of piperazine rings is 1. The number of aromatic nitrogens is 1. The number of Topliss-reactive ketones (excluding diaryl/α,β-unsaturated/α-hetero) is 1. The van der Waals surface area contributed by atoms with Crippen molar-refractivity contribution in [1.29, 1.82) is 0 Å². The lowest BCUT2D eigenvalue weighted by Crippen LogP contribution is -2.47. The van der Waals surface area contributed by atoms with Crippen LogP contribution in [0.15, 0.2) is 22.7 Å². The SMILES string of the molecule is COC1CCC(CC(=O)C(C)CCC2CCC(CCN3CCN(c4noc5cc(C)ccc45)CC3)CC2)CC1. The Balaban J connectivity index is 0.947. The van der Waals surface area contributed by atoms with Crippen molar-refractivity contribution in [1.82, 2.24) is 10.1 Å². The van der Waals surface area contributed by atoms with Crippen LogP contribution in [-0.2, 0) is 9.53 Å². The van der Waals surface area contributed by atoms with Gasteiger partial charge in [0.25, 0.3) is 0 Å². The van der Waals surface area contributed by atoms with Gasteiger partial charge in [-0.15, -0.1) is 0 Å². The minimum Gasteiger partial charge on any atom is -0.381 e. The van der Waals surface area contributed by atoms with Crippen molar-refractivity contribution in [3.05, 3.63) is 23.8 Å². The molecule has 216 valence electrons. The smallest absolute Gasteiger partial charge is 0.180 e. The first kappa shape index (κ1) is 28.6. The predicted molar refractivity (Wildman–Crippen MR) is 158 cm³/mol. The second-order valence-electron chi connectivity index (χ2n) is 13.0. The second kappa shape index (κ2) is 13.6.